The lowest BCUT2D eigenvalue weighted by atomic mass is 10.1. The highest BCUT2D eigenvalue weighted by molar-refractivity contribution is 6.06. The van der Waals surface area contributed by atoms with Crippen LogP contribution in [0.2, 0.25) is 0 Å². The van der Waals surface area contributed by atoms with E-state index in [0.717, 1.165) is 37.1 Å². The quantitative estimate of drug-likeness (QED) is 0.440. The van der Waals surface area contributed by atoms with Crippen LogP contribution in [0.4, 0.5) is 0 Å². The third-order valence-corrected chi connectivity index (χ3v) is 6.43. The van der Waals surface area contributed by atoms with Gasteiger partial charge in [-0.3, -0.25) is 9.59 Å². The molecule has 2 aromatic carbocycles. The van der Waals surface area contributed by atoms with Crippen LogP contribution in [0.5, 0.6) is 0 Å². The van der Waals surface area contributed by atoms with Crippen LogP contribution in [-0.4, -0.2) is 51.1 Å². The summed E-state index contributed by atoms with van der Waals surface area (Å²) in [6.45, 7) is 2.50. The number of fused-ring (bicyclic) bond motifs is 1. The second-order valence-corrected chi connectivity index (χ2v) is 8.89. The molecule has 3 heterocycles. The average molecular weight is 468 g/mol. The Labute approximate surface area is 204 Å². The van der Waals surface area contributed by atoms with E-state index in [1.54, 1.807) is 6.20 Å². The first-order valence-corrected chi connectivity index (χ1v) is 12.2. The summed E-state index contributed by atoms with van der Waals surface area (Å²) >= 11 is 0. The summed E-state index contributed by atoms with van der Waals surface area (Å²) in [5, 5.41) is 8.19. The van der Waals surface area contributed by atoms with Crippen molar-refractivity contribution in [2.75, 3.05) is 19.6 Å². The molecule has 0 radical (unpaired) electrons. The summed E-state index contributed by atoms with van der Waals surface area (Å²) in [6.07, 6.45) is 5.30. The minimum Gasteiger partial charge on any atom is -0.351 e. The Hall–Kier alpha value is -4.00. The molecule has 7 heteroatoms. The number of carbonyl (C=O) groups excluding carboxylic acids is 2. The van der Waals surface area contributed by atoms with E-state index < -0.39 is 0 Å². The number of aromatic nitrogens is 3. The summed E-state index contributed by atoms with van der Waals surface area (Å²) in [6, 6.07) is 21.7. The predicted molar refractivity (Wildman–Crippen MR) is 136 cm³/mol. The summed E-state index contributed by atoms with van der Waals surface area (Å²) in [5.74, 6) is -0.120. The molecule has 0 aliphatic carbocycles. The van der Waals surface area contributed by atoms with Gasteiger partial charge in [0.25, 0.3) is 5.91 Å². The molecule has 178 valence electrons. The highest BCUT2D eigenvalue weighted by atomic mass is 16.2. The first-order chi connectivity index (χ1) is 17.2. The molecule has 5 rings (SSSR count). The van der Waals surface area contributed by atoms with Crippen molar-refractivity contribution in [2.45, 2.75) is 32.2 Å². The van der Waals surface area contributed by atoms with Crippen molar-refractivity contribution >= 4 is 22.8 Å². The van der Waals surface area contributed by atoms with Gasteiger partial charge in [0.15, 0.2) is 5.65 Å². The van der Waals surface area contributed by atoms with Crippen molar-refractivity contribution in [3.8, 4) is 11.3 Å². The van der Waals surface area contributed by atoms with Crippen LogP contribution in [0.25, 0.3) is 22.3 Å². The van der Waals surface area contributed by atoms with E-state index in [1.807, 2.05) is 76.3 Å². The zero-order chi connectivity index (χ0) is 24.0. The number of amides is 2. The minimum atomic E-state index is -0.222. The van der Waals surface area contributed by atoms with Gasteiger partial charge in [-0.2, -0.15) is 5.10 Å². The van der Waals surface area contributed by atoms with Gasteiger partial charge in [0, 0.05) is 31.6 Å². The SMILES string of the molecule is O=C(NCCC(=O)N1CCCCC1)c1cc(-c2ccccc2)nc2c1cnn2Cc1ccccc1. The molecule has 0 bridgehead atoms. The fraction of sp³-hybridized carbons (Fsp3) is 0.286. The Bertz CT molecular complexity index is 1310. The highest BCUT2D eigenvalue weighted by Gasteiger charge is 2.19. The van der Waals surface area contributed by atoms with Crippen LogP contribution < -0.4 is 5.32 Å². The maximum absolute atomic E-state index is 13.3. The number of nitrogens with zero attached hydrogens (tertiary/aromatic N) is 4. The van der Waals surface area contributed by atoms with E-state index in [9.17, 15) is 9.59 Å². The molecule has 4 aromatic rings. The zero-order valence-corrected chi connectivity index (χ0v) is 19.7. The van der Waals surface area contributed by atoms with Gasteiger partial charge in [-0.25, -0.2) is 9.67 Å². The monoisotopic (exact) mass is 467 g/mol. The lowest BCUT2D eigenvalue weighted by Crippen LogP contribution is -2.37. The summed E-state index contributed by atoms with van der Waals surface area (Å²) in [4.78, 5) is 32.5. The zero-order valence-electron chi connectivity index (χ0n) is 19.7. The molecule has 0 atom stereocenters. The van der Waals surface area contributed by atoms with Crippen molar-refractivity contribution in [3.05, 3.63) is 84.1 Å². The maximum Gasteiger partial charge on any atom is 0.252 e. The topological polar surface area (TPSA) is 80.1 Å². The smallest absolute Gasteiger partial charge is 0.252 e. The normalized spacial score (nSPS) is 13.7. The van der Waals surface area contributed by atoms with Crippen LogP contribution in [0.1, 0.15) is 41.6 Å². The van der Waals surface area contributed by atoms with Gasteiger partial charge in [0.05, 0.1) is 29.4 Å². The first kappa shape index (κ1) is 22.8. The number of nitrogens with one attached hydrogen (secondary N) is 1. The van der Waals surface area contributed by atoms with E-state index in [0.29, 0.717) is 41.8 Å². The first-order valence-electron chi connectivity index (χ1n) is 12.2. The molecule has 1 aliphatic heterocycles. The van der Waals surface area contributed by atoms with Gasteiger partial charge in [-0.15, -0.1) is 0 Å². The molecule has 0 spiro atoms. The molecule has 0 unspecified atom stereocenters. The Balaban J connectivity index is 1.41. The molecule has 1 N–H and O–H groups in total. The van der Waals surface area contributed by atoms with Gasteiger partial charge in [-0.1, -0.05) is 60.7 Å². The summed E-state index contributed by atoms with van der Waals surface area (Å²) in [5.41, 5.74) is 3.91. The molecule has 35 heavy (non-hydrogen) atoms. The highest BCUT2D eigenvalue weighted by Crippen LogP contribution is 2.25. The van der Waals surface area contributed by atoms with Gasteiger partial charge in [0.1, 0.15) is 0 Å². The molecule has 2 aromatic heterocycles. The van der Waals surface area contributed by atoms with E-state index >= 15 is 0 Å². The molecular weight excluding hydrogens is 438 g/mol. The fourth-order valence-electron chi connectivity index (χ4n) is 4.54. The number of hydrogen-bond acceptors (Lipinski definition) is 4. The van der Waals surface area contributed by atoms with Crippen molar-refractivity contribution < 1.29 is 9.59 Å². The van der Waals surface area contributed by atoms with Crippen LogP contribution in [0.15, 0.2) is 72.9 Å². The number of rotatable bonds is 7. The average Bonchev–Trinajstić information content (AvgIpc) is 3.32. The van der Waals surface area contributed by atoms with Gasteiger partial charge < -0.3 is 10.2 Å². The van der Waals surface area contributed by atoms with E-state index in [1.165, 1.54) is 6.42 Å². The second-order valence-electron chi connectivity index (χ2n) is 8.89. The second kappa shape index (κ2) is 10.5. The van der Waals surface area contributed by atoms with E-state index in [4.69, 9.17) is 4.98 Å². The fourth-order valence-corrected chi connectivity index (χ4v) is 4.54. The van der Waals surface area contributed by atoms with E-state index in [2.05, 4.69) is 10.4 Å². The third kappa shape index (κ3) is 5.24. The predicted octanol–water partition coefficient (Wildman–Crippen LogP) is 4.28. The molecule has 1 saturated heterocycles. The largest absolute Gasteiger partial charge is 0.351 e. The number of carbonyl (C=O) groups is 2. The van der Waals surface area contributed by atoms with Crippen LogP contribution in [0.3, 0.4) is 0 Å². The van der Waals surface area contributed by atoms with Gasteiger partial charge in [-0.05, 0) is 30.9 Å². The van der Waals surface area contributed by atoms with Crippen molar-refractivity contribution in [2.24, 2.45) is 0 Å². The minimum absolute atomic E-state index is 0.102. The lowest BCUT2D eigenvalue weighted by molar-refractivity contribution is -0.131. The van der Waals surface area contributed by atoms with Gasteiger partial charge >= 0.3 is 0 Å². The molecule has 1 aliphatic rings. The Morgan fingerprint density at radius 1 is 0.914 bits per heavy atom. The molecule has 7 nitrogen and oxygen atoms in total. The molecule has 0 saturated carbocycles. The molecular formula is C28H29N5O2. The van der Waals surface area contributed by atoms with Crippen molar-refractivity contribution in [3.63, 3.8) is 0 Å². The molecule has 2 amide bonds. The van der Waals surface area contributed by atoms with Crippen LogP contribution in [-0.2, 0) is 11.3 Å². The van der Waals surface area contributed by atoms with Crippen molar-refractivity contribution in [1.29, 1.82) is 0 Å². The van der Waals surface area contributed by atoms with Crippen LogP contribution >= 0.6 is 0 Å². The summed E-state index contributed by atoms with van der Waals surface area (Å²) < 4.78 is 1.83. The number of piperidine rings is 1. The van der Waals surface area contributed by atoms with Crippen LogP contribution in [0, 0.1) is 0 Å². The Kier molecular flexibility index (Phi) is 6.84. The molecule has 1 fully saturated rings. The number of likely N-dealkylation sites (tertiary alicyclic amines) is 1. The lowest BCUT2D eigenvalue weighted by Gasteiger charge is -2.26. The Morgan fingerprint density at radius 2 is 1.63 bits per heavy atom. The number of pyridine rings is 1. The standard InChI is InChI=1S/C28H29N5O2/c34-26(32-16-8-3-9-17-32)14-15-29-28(35)23-18-25(22-12-6-2-7-13-22)31-27-24(23)19-30-33(27)20-21-10-4-1-5-11-21/h1-2,4-7,10-13,18-19H,3,8-9,14-17,20H2,(H,29,35). The summed E-state index contributed by atoms with van der Waals surface area (Å²) in [7, 11) is 0. The maximum atomic E-state index is 13.3. The van der Waals surface area contributed by atoms with Gasteiger partial charge in [0.2, 0.25) is 5.91 Å². The van der Waals surface area contributed by atoms with Crippen molar-refractivity contribution in [1.82, 2.24) is 25.0 Å². The Morgan fingerprint density at radius 3 is 2.37 bits per heavy atom. The third-order valence-electron chi connectivity index (χ3n) is 6.43. The van der Waals surface area contributed by atoms with E-state index in [-0.39, 0.29) is 11.8 Å². The number of hydrogen-bond donors (Lipinski definition) is 1. The number of benzene rings is 2.